The monoisotopic (exact) mass is 339 g/mol. The lowest BCUT2D eigenvalue weighted by molar-refractivity contribution is -0.123. The lowest BCUT2D eigenvalue weighted by atomic mass is 10.2. The predicted molar refractivity (Wildman–Crippen MR) is 86.8 cm³/mol. The molecule has 0 fully saturated rings. The molecule has 2 aromatic rings. The van der Waals surface area contributed by atoms with Crippen LogP contribution in [0.2, 0.25) is 10.0 Å². The van der Waals surface area contributed by atoms with Crippen LogP contribution in [-0.4, -0.2) is 19.6 Å². The highest BCUT2D eigenvalue weighted by atomic mass is 35.5. The highest BCUT2D eigenvalue weighted by molar-refractivity contribution is 6.42. The zero-order valence-corrected chi connectivity index (χ0v) is 13.4. The van der Waals surface area contributed by atoms with E-state index < -0.39 is 0 Å². The molecule has 2 rings (SSSR count). The lowest BCUT2D eigenvalue weighted by Gasteiger charge is -2.10. The van der Waals surface area contributed by atoms with Gasteiger partial charge in [0.05, 0.1) is 17.2 Å². The van der Waals surface area contributed by atoms with Crippen molar-refractivity contribution in [1.29, 1.82) is 0 Å². The fourth-order valence-electron chi connectivity index (χ4n) is 1.81. The highest BCUT2D eigenvalue weighted by Gasteiger charge is 2.07. The van der Waals surface area contributed by atoms with E-state index in [0.717, 1.165) is 11.3 Å². The van der Waals surface area contributed by atoms with Gasteiger partial charge in [-0.1, -0.05) is 41.4 Å². The molecule has 0 aliphatic rings. The van der Waals surface area contributed by atoms with Crippen LogP contribution in [0, 0.1) is 0 Å². The Morgan fingerprint density at radius 3 is 2.64 bits per heavy atom. The van der Waals surface area contributed by atoms with Crippen LogP contribution in [0.4, 0.5) is 0 Å². The topological polar surface area (TPSA) is 47.6 Å². The zero-order valence-electron chi connectivity index (χ0n) is 11.9. The van der Waals surface area contributed by atoms with Crippen molar-refractivity contribution in [3.63, 3.8) is 0 Å². The van der Waals surface area contributed by atoms with Crippen molar-refractivity contribution in [2.24, 2.45) is 0 Å². The Morgan fingerprint density at radius 2 is 1.91 bits per heavy atom. The van der Waals surface area contributed by atoms with Crippen LogP contribution in [0.25, 0.3) is 0 Å². The summed E-state index contributed by atoms with van der Waals surface area (Å²) in [7, 11) is 1.59. The summed E-state index contributed by atoms with van der Waals surface area (Å²) < 4.78 is 10.6. The Labute approximate surface area is 138 Å². The standard InChI is InChI=1S/C16H15Cl2NO3/c1-21-15-5-3-2-4-11(15)9-19-16(20)10-22-12-6-7-13(17)14(18)8-12/h2-8H,9-10H2,1H3,(H,19,20). The summed E-state index contributed by atoms with van der Waals surface area (Å²) in [6.45, 7) is 0.265. The van der Waals surface area contributed by atoms with Crippen molar-refractivity contribution in [1.82, 2.24) is 5.32 Å². The molecule has 116 valence electrons. The van der Waals surface area contributed by atoms with E-state index >= 15 is 0 Å². The van der Waals surface area contributed by atoms with Crippen LogP contribution in [-0.2, 0) is 11.3 Å². The molecule has 0 atom stereocenters. The maximum atomic E-state index is 11.8. The number of halogens is 2. The van der Waals surface area contributed by atoms with Gasteiger partial charge in [-0.3, -0.25) is 4.79 Å². The third-order valence-electron chi connectivity index (χ3n) is 2.93. The van der Waals surface area contributed by atoms with Crippen LogP contribution in [0.1, 0.15) is 5.56 Å². The molecule has 0 bridgehead atoms. The minimum Gasteiger partial charge on any atom is -0.496 e. The first-order chi connectivity index (χ1) is 10.6. The van der Waals surface area contributed by atoms with Crippen molar-refractivity contribution in [3.05, 3.63) is 58.1 Å². The Morgan fingerprint density at radius 1 is 1.14 bits per heavy atom. The third kappa shape index (κ3) is 4.55. The summed E-state index contributed by atoms with van der Waals surface area (Å²) in [6, 6.07) is 12.3. The van der Waals surface area contributed by atoms with Crippen molar-refractivity contribution in [3.8, 4) is 11.5 Å². The summed E-state index contributed by atoms with van der Waals surface area (Å²) in [4.78, 5) is 11.8. The second-order valence-corrected chi connectivity index (χ2v) is 5.27. The van der Waals surface area contributed by atoms with Gasteiger partial charge in [0.15, 0.2) is 6.61 Å². The molecular formula is C16H15Cl2NO3. The second kappa shape index (κ2) is 7.92. The number of benzene rings is 2. The number of carbonyl (C=O) groups excluding carboxylic acids is 1. The largest absolute Gasteiger partial charge is 0.496 e. The molecule has 0 spiro atoms. The molecule has 0 aromatic heterocycles. The number of rotatable bonds is 6. The van der Waals surface area contributed by atoms with Gasteiger partial charge in [0.1, 0.15) is 11.5 Å². The van der Waals surface area contributed by atoms with Gasteiger partial charge in [-0.2, -0.15) is 0 Å². The Balaban J connectivity index is 1.84. The minimum absolute atomic E-state index is 0.104. The number of amides is 1. The van der Waals surface area contributed by atoms with Gasteiger partial charge in [0, 0.05) is 18.2 Å². The minimum atomic E-state index is -0.239. The predicted octanol–water partition coefficient (Wildman–Crippen LogP) is 3.70. The van der Waals surface area contributed by atoms with E-state index in [4.69, 9.17) is 32.7 Å². The van der Waals surface area contributed by atoms with Gasteiger partial charge in [-0.05, 0) is 18.2 Å². The maximum Gasteiger partial charge on any atom is 0.258 e. The van der Waals surface area contributed by atoms with E-state index in [0.29, 0.717) is 22.3 Å². The quantitative estimate of drug-likeness (QED) is 0.872. The molecule has 6 heteroatoms. The van der Waals surface area contributed by atoms with Gasteiger partial charge in [-0.15, -0.1) is 0 Å². The molecule has 2 aromatic carbocycles. The fourth-order valence-corrected chi connectivity index (χ4v) is 2.10. The number of hydrogen-bond acceptors (Lipinski definition) is 3. The van der Waals surface area contributed by atoms with E-state index in [9.17, 15) is 4.79 Å². The molecule has 1 amide bonds. The zero-order chi connectivity index (χ0) is 15.9. The summed E-state index contributed by atoms with van der Waals surface area (Å²) >= 11 is 11.7. The van der Waals surface area contributed by atoms with Gasteiger partial charge in [0.25, 0.3) is 5.91 Å². The summed E-state index contributed by atoms with van der Waals surface area (Å²) in [5, 5.41) is 3.59. The number of methoxy groups -OCH3 is 1. The molecule has 0 saturated heterocycles. The molecule has 0 saturated carbocycles. The number of nitrogens with one attached hydrogen (secondary N) is 1. The van der Waals surface area contributed by atoms with Crippen molar-refractivity contribution in [2.75, 3.05) is 13.7 Å². The first kappa shape index (κ1) is 16.5. The first-order valence-electron chi connectivity index (χ1n) is 6.56. The second-order valence-electron chi connectivity index (χ2n) is 4.45. The molecule has 0 heterocycles. The molecule has 1 N–H and O–H groups in total. The van der Waals surface area contributed by atoms with Crippen LogP contribution < -0.4 is 14.8 Å². The van der Waals surface area contributed by atoms with E-state index in [1.807, 2.05) is 24.3 Å². The average molecular weight is 340 g/mol. The van der Waals surface area contributed by atoms with E-state index in [2.05, 4.69) is 5.32 Å². The van der Waals surface area contributed by atoms with Crippen LogP contribution in [0.15, 0.2) is 42.5 Å². The summed E-state index contributed by atoms with van der Waals surface area (Å²) in [5.41, 5.74) is 0.896. The summed E-state index contributed by atoms with van der Waals surface area (Å²) in [6.07, 6.45) is 0. The molecule has 0 aliphatic carbocycles. The van der Waals surface area contributed by atoms with Gasteiger partial charge in [0.2, 0.25) is 0 Å². The Hall–Kier alpha value is -1.91. The molecule has 0 aliphatic heterocycles. The van der Waals surface area contributed by atoms with Gasteiger partial charge in [-0.25, -0.2) is 0 Å². The Kier molecular flexibility index (Phi) is 5.92. The van der Waals surface area contributed by atoms with Gasteiger partial charge >= 0.3 is 0 Å². The molecular weight excluding hydrogens is 325 g/mol. The summed E-state index contributed by atoms with van der Waals surface area (Å²) in [5.74, 6) is 0.979. The van der Waals surface area contributed by atoms with Crippen molar-refractivity contribution >= 4 is 29.1 Å². The molecule has 4 nitrogen and oxygen atoms in total. The van der Waals surface area contributed by atoms with Crippen molar-refractivity contribution < 1.29 is 14.3 Å². The number of hydrogen-bond donors (Lipinski definition) is 1. The number of ether oxygens (including phenoxy) is 2. The Bertz CT molecular complexity index is 662. The smallest absolute Gasteiger partial charge is 0.258 e. The number of para-hydroxylation sites is 1. The van der Waals surface area contributed by atoms with E-state index in [1.165, 1.54) is 0 Å². The fraction of sp³-hybridized carbons (Fsp3) is 0.188. The lowest BCUT2D eigenvalue weighted by Crippen LogP contribution is -2.28. The normalized spacial score (nSPS) is 10.1. The third-order valence-corrected chi connectivity index (χ3v) is 3.67. The maximum absolute atomic E-state index is 11.8. The van der Waals surface area contributed by atoms with Crippen LogP contribution in [0.5, 0.6) is 11.5 Å². The van der Waals surface area contributed by atoms with E-state index in [-0.39, 0.29) is 12.5 Å². The van der Waals surface area contributed by atoms with E-state index in [1.54, 1.807) is 25.3 Å². The molecule has 0 radical (unpaired) electrons. The van der Waals surface area contributed by atoms with Crippen LogP contribution >= 0.6 is 23.2 Å². The van der Waals surface area contributed by atoms with Gasteiger partial charge < -0.3 is 14.8 Å². The first-order valence-corrected chi connectivity index (χ1v) is 7.32. The van der Waals surface area contributed by atoms with Crippen molar-refractivity contribution in [2.45, 2.75) is 6.54 Å². The van der Waals surface area contributed by atoms with Crippen LogP contribution in [0.3, 0.4) is 0 Å². The molecule has 0 unspecified atom stereocenters. The average Bonchev–Trinajstić information content (AvgIpc) is 2.54. The highest BCUT2D eigenvalue weighted by Crippen LogP contribution is 2.26. The number of carbonyl (C=O) groups is 1. The SMILES string of the molecule is COc1ccccc1CNC(=O)COc1ccc(Cl)c(Cl)c1. The molecule has 22 heavy (non-hydrogen) atoms.